The molecular weight excluding hydrogens is 404 g/mol. The second-order valence-electron chi connectivity index (χ2n) is 7.90. The zero-order valence-electron chi connectivity index (χ0n) is 18.2. The van der Waals surface area contributed by atoms with E-state index < -0.39 is 5.91 Å². The van der Waals surface area contributed by atoms with Crippen LogP contribution in [0.5, 0.6) is 0 Å². The summed E-state index contributed by atoms with van der Waals surface area (Å²) >= 11 is 0. The Morgan fingerprint density at radius 2 is 1.84 bits per heavy atom. The van der Waals surface area contributed by atoms with Gasteiger partial charge in [-0.2, -0.15) is 0 Å². The summed E-state index contributed by atoms with van der Waals surface area (Å²) in [4.78, 5) is 34.8. The average molecular weight is 431 g/mol. The standard InChI is InChI=1S/C25H26N4O3/c1-3-4-13-29(15-17-9-11-18(12-10-17)24(30)28-32)25(31)22-14-20-19-7-5-6-8-21(19)27-23(20)16(2)26-22/h5-12,14,27,32H,3-4,13,15H2,1-2H3,(H,28,30). The molecule has 2 amide bonds. The Bertz CT molecular complexity index is 1280. The molecule has 0 radical (unpaired) electrons. The van der Waals surface area contributed by atoms with Gasteiger partial charge in [0.2, 0.25) is 0 Å². The number of H-pyrrole nitrogens is 1. The van der Waals surface area contributed by atoms with Crippen molar-refractivity contribution in [3.05, 3.63) is 77.1 Å². The quantitative estimate of drug-likeness (QED) is 0.295. The molecule has 0 saturated heterocycles. The Kier molecular flexibility index (Phi) is 6.18. The van der Waals surface area contributed by atoms with E-state index >= 15 is 0 Å². The lowest BCUT2D eigenvalue weighted by Gasteiger charge is -2.23. The Labute approximate surface area is 186 Å². The number of aryl methyl sites for hydroxylation is 1. The van der Waals surface area contributed by atoms with Crippen LogP contribution in [0, 0.1) is 6.92 Å². The molecule has 4 aromatic rings. The van der Waals surface area contributed by atoms with Gasteiger partial charge in [0.05, 0.1) is 11.2 Å². The first-order valence-electron chi connectivity index (χ1n) is 10.7. The highest BCUT2D eigenvalue weighted by atomic mass is 16.5. The Morgan fingerprint density at radius 3 is 2.56 bits per heavy atom. The van der Waals surface area contributed by atoms with Crippen molar-refractivity contribution in [3.63, 3.8) is 0 Å². The van der Waals surface area contributed by atoms with Crippen molar-refractivity contribution < 1.29 is 14.8 Å². The van der Waals surface area contributed by atoms with Crippen molar-refractivity contribution in [2.24, 2.45) is 0 Å². The van der Waals surface area contributed by atoms with E-state index in [0.717, 1.165) is 45.9 Å². The van der Waals surface area contributed by atoms with Gasteiger partial charge in [-0.05, 0) is 43.2 Å². The molecule has 2 aromatic heterocycles. The summed E-state index contributed by atoms with van der Waals surface area (Å²) in [5.74, 6) is -0.687. The summed E-state index contributed by atoms with van der Waals surface area (Å²) in [6.07, 6.45) is 1.85. The summed E-state index contributed by atoms with van der Waals surface area (Å²) in [5, 5.41) is 10.8. The number of aromatic amines is 1. The predicted octanol–water partition coefficient (Wildman–Crippen LogP) is 4.59. The molecule has 3 N–H and O–H groups in total. The number of aromatic nitrogens is 2. The normalized spacial score (nSPS) is 11.1. The van der Waals surface area contributed by atoms with Gasteiger partial charge < -0.3 is 9.88 Å². The zero-order chi connectivity index (χ0) is 22.7. The first-order chi connectivity index (χ1) is 15.5. The van der Waals surface area contributed by atoms with Gasteiger partial charge in [-0.15, -0.1) is 0 Å². The van der Waals surface area contributed by atoms with Crippen molar-refractivity contribution in [3.8, 4) is 0 Å². The molecule has 7 nitrogen and oxygen atoms in total. The number of carbonyl (C=O) groups excluding carboxylic acids is 2. The van der Waals surface area contributed by atoms with E-state index in [-0.39, 0.29) is 5.91 Å². The van der Waals surface area contributed by atoms with E-state index in [2.05, 4.69) is 16.9 Å². The van der Waals surface area contributed by atoms with Crippen LogP contribution in [-0.4, -0.2) is 38.4 Å². The second kappa shape index (κ2) is 9.20. The SMILES string of the molecule is CCCCN(Cc1ccc(C(=O)NO)cc1)C(=O)c1cc2c([nH]c3ccccc32)c(C)n1. The largest absolute Gasteiger partial charge is 0.353 e. The number of amides is 2. The van der Waals surface area contributed by atoms with Crippen LogP contribution in [-0.2, 0) is 6.54 Å². The molecule has 0 bridgehead atoms. The summed E-state index contributed by atoms with van der Waals surface area (Å²) in [6, 6.07) is 16.7. The van der Waals surface area contributed by atoms with E-state index in [1.165, 1.54) is 0 Å². The van der Waals surface area contributed by atoms with Gasteiger partial charge in [0, 0.05) is 34.9 Å². The minimum Gasteiger partial charge on any atom is -0.353 e. The highest BCUT2D eigenvalue weighted by Crippen LogP contribution is 2.28. The smallest absolute Gasteiger partial charge is 0.274 e. The molecule has 4 rings (SSSR count). The number of carbonyl (C=O) groups is 2. The van der Waals surface area contributed by atoms with E-state index in [0.29, 0.717) is 24.3 Å². The van der Waals surface area contributed by atoms with Gasteiger partial charge in [0.1, 0.15) is 5.69 Å². The van der Waals surface area contributed by atoms with E-state index in [9.17, 15) is 9.59 Å². The van der Waals surface area contributed by atoms with Crippen LogP contribution in [0.1, 0.15) is 51.9 Å². The van der Waals surface area contributed by atoms with Crippen molar-refractivity contribution in [1.82, 2.24) is 20.3 Å². The molecule has 7 heteroatoms. The molecule has 0 spiro atoms. The number of hydrogen-bond donors (Lipinski definition) is 3. The van der Waals surface area contributed by atoms with Gasteiger partial charge in [-0.1, -0.05) is 43.7 Å². The monoisotopic (exact) mass is 430 g/mol. The lowest BCUT2D eigenvalue weighted by molar-refractivity contribution is 0.0704. The average Bonchev–Trinajstić information content (AvgIpc) is 3.20. The zero-order valence-corrected chi connectivity index (χ0v) is 18.2. The molecule has 32 heavy (non-hydrogen) atoms. The van der Waals surface area contributed by atoms with Crippen molar-refractivity contribution in [2.45, 2.75) is 33.2 Å². The third-order valence-corrected chi connectivity index (χ3v) is 5.66. The number of benzene rings is 2. The molecule has 0 aliphatic heterocycles. The minimum atomic E-state index is -0.567. The predicted molar refractivity (Wildman–Crippen MR) is 124 cm³/mol. The highest BCUT2D eigenvalue weighted by Gasteiger charge is 2.20. The molecule has 0 atom stereocenters. The third-order valence-electron chi connectivity index (χ3n) is 5.66. The number of rotatable bonds is 7. The lowest BCUT2D eigenvalue weighted by Crippen LogP contribution is -2.32. The molecule has 0 aliphatic rings. The first kappa shape index (κ1) is 21.5. The molecule has 0 aliphatic carbocycles. The number of fused-ring (bicyclic) bond motifs is 3. The lowest BCUT2D eigenvalue weighted by atomic mass is 10.1. The molecule has 0 fully saturated rings. The van der Waals surface area contributed by atoms with Gasteiger partial charge in [0.25, 0.3) is 11.8 Å². The molecule has 164 valence electrons. The van der Waals surface area contributed by atoms with Crippen LogP contribution in [0.15, 0.2) is 54.6 Å². The number of hydroxylamine groups is 1. The van der Waals surface area contributed by atoms with Gasteiger partial charge in [-0.25, -0.2) is 10.5 Å². The van der Waals surface area contributed by atoms with Crippen molar-refractivity contribution >= 4 is 33.6 Å². The fourth-order valence-electron chi connectivity index (χ4n) is 3.92. The van der Waals surface area contributed by atoms with E-state index in [1.807, 2.05) is 37.3 Å². The van der Waals surface area contributed by atoms with Crippen LogP contribution < -0.4 is 5.48 Å². The van der Waals surface area contributed by atoms with Crippen molar-refractivity contribution in [2.75, 3.05) is 6.54 Å². The van der Waals surface area contributed by atoms with E-state index in [4.69, 9.17) is 5.21 Å². The summed E-state index contributed by atoms with van der Waals surface area (Å²) in [5.41, 5.74) is 6.05. The molecular formula is C25H26N4O3. The fourth-order valence-corrected chi connectivity index (χ4v) is 3.92. The molecule has 2 heterocycles. The second-order valence-corrected chi connectivity index (χ2v) is 7.90. The number of unbranched alkanes of at least 4 members (excludes halogenated alkanes) is 1. The number of nitrogens with one attached hydrogen (secondary N) is 2. The maximum atomic E-state index is 13.5. The summed E-state index contributed by atoms with van der Waals surface area (Å²) < 4.78 is 0. The molecule has 0 saturated carbocycles. The van der Waals surface area contributed by atoms with Crippen LogP contribution in [0.3, 0.4) is 0 Å². The Morgan fingerprint density at radius 1 is 1.09 bits per heavy atom. The fraction of sp³-hybridized carbons (Fsp3) is 0.240. The molecule has 0 unspecified atom stereocenters. The maximum Gasteiger partial charge on any atom is 0.274 e. The van der Waals surface area contributed by atoms with Crippen LogP contribution in [0.2, 0.25) is 0 Å². The third kappa shape index (κ3) is 4.20. The Hall–Kier alpha value is -3.71. The molecule has 2 aromatic carbocycles. The highest BCUT2D eigenvalue weighted by molar-refractivity contribution is 6.10. The number of hydrogen-bond acceptors (Lipinski definition) is 4. The number of nitrogens with zero attached hydrogens (tertiary/aromatic N) is 2. The first-order valence-corrected chi connectivity index (χ1v) is 10.7. The minimum absolute atomic E-state index is 0.120. The van der Waals surface area contributed by atoms with Crippen LogP contribution in [0.25, 0.3) is 21.8 Å². The topological polar surface area (TPSA) is 98.3 Å². The number of para-hydroxylation sites is 1. The summed E-state index contributed by atoms with van der Waals surface area (Å²) in [7, 11) is 0. The van der Waals surface area contributed by atoms with Crippen LogP contribution in [0.4, 0.5) is 0 Å². The van der Waals surface area contributed by atoms with Gasteiger partial charge in [-0.3, -0.25) is 14.8 Å². The van der Waals surface area contributed by atoms with Crippen molar-refractivity contribution in [1.29, 1.82) is 0 Å². The van der Waals surface area contributed by atoms with Gasteiger partial charge >= 0.3 is 0 Å². The maximum absolute atomic E-state index is 13.5. The number of pyridine rings is 1. The van der Waals surface area contributed by atoms with Gasteiger partial charge in [0.15, 0.2) is 0 Å². The Balaban J connectivity index is 1.66. The van der Waals surface area contributed by atoms with E-state index in [1.54, 1.807) is 34.6 Å². The summed E-state index contributed by atoms with van der Waals surface area (Å²) in [6.45, 7) is 5.02. The van der Waals surface area contributed by atoms with Crippen LogP contribution >= 0.6 is 0 Å².